The zero-order valence-electron chi connectivity index (χ0n) is 11.9. The number of carbonyl (C=O) groups is 2. The molecule has 1 aromatic carbocycles. The van der Waals surface area contributed by atoms with Crippen LogP contribution in [0.3, 0.4) is 0 Å². The zero-order chi connectivity index (χ0) is 14.4. The van der Waals surface area contributed by atoms with Crippen LogP contribution in [-0.2, 0) is 4.79 Å². The molecule has 0 spiro atoms. The molecule has 0 radical (unpaired) electrons. The lowest BCUT2D eigenvalue weighted by Crippen LogP contribution is -2.31. The monoisotopic (exact) mass is 275 g/mol. The van der Waals surface area contributed by atoms with Gasteiger partial charge in [-0.05, 0) is 37.1 Å². The molecular weight excluding hydrogens is 254 g/mol. The predicted molar refractivity (Wildman–Crippen MR) is 76.7 cm³/mol. The number of carbonyl (C=O) groups excluding carboxylic acids is 2. The van der Waals surface area contributed by atoms with Gasteiger partial charge in [0.05, 0.1) is 0 Å². The smallest absolute Gasteiger partial charge is 0.310 e. The van der Waals surface area contributed by atoms with E-state index in [0.29, 0.717) is 17.7 Å². The van der Waals surface area contributed by atoms with Crippen LogP contribution in [-0.4, -0.2) is 29.9 Å². The van der Waals surface area contributed by atoms with Gasteiger partial charge >= 0.3 is 5.97 Å². The second kappa shape index (κ2) is 7.08. The Hall–Kier alpha value is -1.84. The van der Waals surface area contributed by atoms with Crippen molar-refractivity contribution in [2.45, 2.75) is 39.0 Å². The van der Waals surface area contributed by atoms with Gasteiger partial charge < -0.3 is 9.64 Å². The van der Waals surface area contributed by atoms with Crippen LogP contribution in [0.15, 0.2) is 24.3 Å². The summed E-state index contributed by atoms with van der Waals surface area (Å²) in [6.07, 6.45) is 4.91. The SMILES string of the molecule is CCC(=O)Oc1ccc(C(=O)N2CCCCCC2)cc1. The second-order valence-corrected chi connectivity index (χ2v) is 5.06. The minimum absolute atomic E-state index is 0.0697. The summed E-state index contributed by atoms with van der Waals surface area (Å²) in [5, 5.41) is 0. The number of likely N-dealkylation sites (tertiary alicyclic amines) is 1. The summed E-state index contributed by atoms with van der Waals surface area (Å²) < 4.78 is 5.10. The largest absolute Gasteiger partial charge is 0.427 e. The van der Waals surface area contributed by atoms with E-state index in [1.54, 1.807) is 31.2 Å². The van der Waals surface area contributed by atoms with Crippen LogP contribution in [0.4, 0.5) is 0 Å². The van der Waals surface area contributed by atoms with Gasteiger partial charge in [-0.2, -0.15) is 0 Å². The summed E-state index contributed by atoms with van der Waals surface area (Å²) in [5.74, 6) is 0.293. The van der Waals surface area contributed by atoms with Crippen molar-refractivity contribution in [3.05, 3.63) is 29.8 Å². The lowest BCUT2D eigenvalue weighted by Gasteiger charge is -2.20. The number of ether oxygens (including phenoxy) is 1. The molecule has 0 saturated carbocycles. The number of hydrogen-bond acceptors (Lipinski definition) is 3. The standard InChI is InChI=1S/C16H21NO3/c1-2-15(18)20-14-9-7-13(8-10-14)16(19)17-11-5-3-4-6-12-17/h7-10H,2-6,11-12H2,1H3. The van der Waals surface area contributed by atoms with E-state index in [9.17, 15) is 9.59 Å². The van der Waals surface area contributed by atoms with Crippen LogP contribution >= 0.6 is 0 Å². The van der Waals surface area contributed by atoms with E-state index >= 15 is 0 Å². The fourth-order valence-electron chi connectivity index (χ4n) is 2.33. The summed E-state index contributed by atoms with van der Waals surface area (Å²) in [4.78, 5) is 25.5. The Kier molecular flexibility index (Phi) is 5.16. The maximum absolute atomic E-state index is 12.4. The van der Waals surface area contributed by atoms with Gasteiger partial charge in [0.15, 0.2) is 0 Å². The van der Waals surface area contributed by atoms with E-state index < -0.39 is 0 Å². The Balaban J connectivity index is 2.01. The van der Waals surface area contributed by atoms with E-state index in [2.05, 4.69) is 0 Å². The molecule has 4 heteroatoms. The number of benzene rings is 1. The van der Waals surface area contributed by atoms with Crippen LogP contribution in [0.5, 0.6) is 5.75 Å². The molecule has 0 N–H and O–H groups in total. The normalized spacial score (nSPS) is 15.6. The van der Waals surface area contributed by atoms with Gasteiger partial charge in [-0.15, -0.1) is 0 Å². The van der Waals surface area contributed by atoms with Crippen molar-refractivity contribution in [2.75, 3.05) is 13.1 Å². The van der Waals surface area contributed by atoms with E-state index in [4.69, 9.17) is 4.74 Å². The van der Waals surface area contributed by atoms with Gasteiger partial charge in [0.2, 0.25) is 0 Å². The molecule has 1 heterocycles. The van der Waals surface area contributed by atoms with Crippen molar-refractivity contribution >= 4 is 11.9 Å². The number of rotatable bonds is 3. The number of amides is 1. The first-order chi connectivity index (χ1) is 9.70. The molecule has 0 aliphatic carbocycles. The Labute approximate surface area is 119 Å². The third-order valence-corrected chi connectivity index (χ3v) is 3.51. The molecule has 0 aromatic heterocycles. The van der Waals surface area contributed by atoms with Crippen molar-refractivity contribution in [3.8, 4) is 5.75 Å². The van der Waals surface area contributed by atoms with Crippen LogP contribution in [0.1, 0.15) is 49.4 Å². The maximum Gasteiger partial charge on any atom is 0.310 e. The molecular formula is C16H21NO3. The van der Waals surface area contributed by atoms with Crippen molar-refractivity contribution in [1.82, 2.24) is 4.90 Å². The van der Waals surface area contributed by atoms with Crippen molar-refractivity contribution < 1.29 is 14.3 Å². The summed E-state index contributed by atoms with van der Waals surface area (Å²) in [7, 11) is 0. The molecule has 0 bridgehead atoms. The molecule has 20 heavy (non-hydrogen) atoms. The third-order valence-electron chi connectivity index (χ3n) is 3.51. The van der Waals surface area contributed by atoms with Gasteiger partial charge in [-0.3, -0.25) is 9.59 Å². The highest BCUT2D eigenvalue weighted by Gasteiger charge is 2.17. The van der Waals surface area contributed by atoms with E-state index in [1.165, 1.54) is 12.8 Å². The highest BCUT2D eigenvalue weighted by Crippen LogP contribution is 2.17. The topological polar surface area (TPSA) is 46.6 Å². The van der Waals surface area contributed by atoms with Crippen molar-refractivity contribution in [1.29, 1.82) is 0 Å². The third kappa shape index (κ3) is 3.83. The van der Waals surface area contributed by atoms with Crippen molar-refractivity contribution in [3.63, 3.8) is 0 Å². The maximum atomic E-state index is 12.4. The Morgan fingerprint density at radius 2 is 1.65 bits per heavy atom. The fraction of sp³-hybridized carbons (Fsp3) is 0.500. The molecule has 2 rings (SSSR count). The van der Waals surface area contributed by atoms with E-state index in [1.807, 2.05) is 4.90 Å². The molecule has 4 nitrogen and oxygen atoms in total. The van der Waals surface area contributed by atoms with E-state index in [0.717, 1.165) is 25.9 Å². The van der Waals surface area contributed by atoms with Gasteiger partial charge in [0.25, 0.3) is 5.91 Å². The zero-order valence-corrected chi connectivity index (χ0v) is 11.9. The Morgan fingerprint density at radius 1 is 1.05 bits per heavy atom. The summed E-state index contributed by atoms with van der Waals surface area (Å²) in [6.45, 7) is 3.43. The molecule has 0 atom stereocenters. The summed E-state index contributed by atoms with van der Waals surface area (Å²) in [6, 6.07) is 6.81. The van der Waals surface area contributed by atoms with Crippen LogP contribution in [0, 0.1) is 0 Å². The van der Waals surface area contributed by atoms with Crippen LogP contribution in [0.2, 0.25) is 0 Å². The lowest BCUT2D eigenvalue weighted by atomic mass is 10.2. The number of esters is 1. The first-order valence-corrected chi connectivity index (χ1v) is 7.30. The minimum Gasteiger partial charge on any atom is -0.427 e. The predicted octanol–water partition coefficient (Wildman–Crippen LogP) is 3.02. The minimum atomic E-state index is -0.267. The first-order valence-electron chi connectivity index (χ1n) is 7.30. The van der Waals surface area contributed by atoms with Crippen molar-refractivity contribution in [2.24, 2.45) is 0 Å². The lowest BCUT2D eigenvalue weighted by molar-refractivity contribution is -0.134. The fourth-order valence-corrected chi connectivity index (χ4v) is 2.33. The molecule has 1 saturated heterocycles. The quantitative estimate of drug-likeness (QED) is 0.629. The van der Waals surface area contributed by atoms with Gasteiger partial charge in [-0.25, -0.2) is 0 Å². The van der Waals surface area contributed by atoms with Gasteiger partial charge in [0.1, 0.15) is 5.75 Å². The first kappa shape index (κ1) is 14.6. The molecule has 1 aliphatic heterocycles. The summed E-state index contributed by atoms with van der Waals surface area (Å²) >= 11 is 0. The highest BCUT2D eigenvalue weighted by atomic mass is 16.5. The molecule has 1 fully saturated rings. The average Bonchev–Trinajstić information content (AvgIpc) is 2.76. The Morgan fingerprint density at radius 3 is 2.20 bits per heavy atom. The Bertz CT molecular complexity index is 459. The van der Waals surface area contributed by atoms with Crippen LogP contribution in [0.25, 0.3) is 0 Å². The number of hydrogen-bond donors (Lipinski definition) is 0. The second-order valence-electron chi connectivity index (χ2n) is 5.06. The molecule has 1 amide bonds. The summed E-state index contributed by atoms with van der Waals surface area (Å²) in [5.41, 5.74) is 0.656. The molecule has 0 unspecified atom stereocenters. The molecule has 1 aliphatic rings. The van der Waals surface area contributed by atoms with Gasteiger partial charge in [0, 0.05) is 25.1 Å². The van der Waals surface area contributed by atoms with E-state index in [-0.39, 0.29) is 11.9 Å². The number of nitrogens with zero attached hydrogens (tertiary/aromatic N) is 1. The highest BCUT2D eigenvalue weighted by molar-refractivity contribution is 5.94. The van der Waals surface area contributed by atoms with Gasteiger partial charge in [-0.1, -0.05) is 19.8 Å². The molecule has 1 aromatic rings. The van der Waals surface area contributed by atoms with Crippen LogP contribution < -0.4 is 4.74 Å². The molecule has 108 valence electrons. The average molecular weight is 275 g/mol.